The Morgan fingerprint density at radius 3 is 1.56 bits per heavy atom. The molecule has 8 aromatic rings. The van der Waals surface area contributed by atoms with Crippen LogP contribution in [0, 0.1) is 22.7 Å². The number of hydrogen-bond acceptors (Lipinski definition) is 18. The molecule has 14 rings (SSSR count). The molecule has 0 bridgehead atoms. The van der Waals surface area contributed by atoms with E-state index >= 15 is 0 Å². The number of nitrogens with two attached hydrogens (primary N) is 1. The van der Waals surface area contributed by atoms with Crippen LogP contribution in [-0.4, -0.2) is 111 Å². The minimum Gasteiger partial charge on any atom is -0.491 e. The summed E-state index contributed by atoms with van der Waals surface area (Å²) in [6, 6.07) is 12.1. The van der Waals surface area contributed by atoms with Crippen molar-refractivity contribution < 1.29 is 38.0 Å². The van der Waals surface area contributed by atoms with Crippen molar-refractivity contribution in [2.24, 2.45) is 36.8 Å². The fraction of sp³-hybridized carbons (Fsp3) is 0.516. The average molecular weight is 1180 g/mol. The highest BCUT2D eigenvalue weighted by Gasteiger charge is 2.53. The number of Topliss-reactive ketones (excluding diaryl/α,β-unsaturated/α-hetero) is 2. The highest BCUT2D eigenvalue weighted by molar-refractivity contribution is 6.29. The molecule has 6 aliphatic rings. The molecule has 85 heavy (non-hydrogen) atoms. The number of hydrogen-bond donors (Lipinski definition) is 2. The van der Waals surface area contributed by atoms with Crippen LogP contribution in [0.15, 0.2) is 61.2 Å². The number of nitrogens with one attached hydrogen (secondary N) is 1. The summed E-state index contributed by atoms with van der Waals surface area (Å²) in [5.41, 5.74) is 12.9. The van der Waals surface area contributed by atoms with E-state index in [4.69, 9.17) is 55.8 Å². The minimum absolute atomic E-state index is 0.0623. The van der Waals surface area contributed by atoms with E-state index in [0.717, 1.165) is 70.8 Å². The smallest absolute Gasteiger partial charge is 0.211 e. The lowest BCUT2D eigenvalue weighted by molar-refractivity contribution is -0.176. The van der Waals surface area contributed by atoms with Gasteiger partial charge in [0.1, 0.15) is 39.9 Å². The summed E-state index contributed by atoms with van der Waals surface area (Å²) in [6.07, 6.45) is 15.6. The average Bonchev–Trinajstić information content (AvgIpc) is 2.98. The van der Waals surface area contributed by atoms with Gasteiger partial charge in [0.15, 0.2) is 40.1 Å². The molecule has 0 aromatic carbocycles. The predicted molar refractivity (Wildman–Crippen MR) is 319 cm³/mol. The van der Waals surface area contributed by atoms with Crippen molar-refractivity contribution in [2.45, 2.75) is 129 Å². The number of ketones is 2. The number of carbonyl (C=O) groups excluding carboxylic acids is 2. The van der Waals surface area contributed by atoms with Gasteiger partial charge in [-0.25, -0.2) is 9.97 Å². The van der Waals surface area contributed by atoms with Gasteiger partial charge in [-0.2, -0.15) is 20.2 Å². The van der Waals surface area contributed by atoms with Gasteiger partial charge in [0.2, 0.25) is 11.2 Å². The molecule has 6 fully saturated rings. The molecule has 448 valence electrons. The predicted octanol–water partition coefficient (Wildman–Crippen LogP) is 10.7. The van der Waals surface area contributed by atoms with Crippen LogP contribution in [-0.2, 0) is 56.8 Å². The van der Waals surface area contributed by atoms with Gasteiger partial charge < -0.3 is 48.6 Å². The summed E-state index contributed by atoms with van der Waals surface area (Å²) in [7, 11) is 6.84. The van der Waals surface area contributed by atoms with E-state index in [-0.39, 0.29) is 34.2 Å². The molecule has 2 spiro atoms. The third-order valence-corrected chi connectivity index (χ3v) is 17.4. The van der Waals surface area contributed by atoms with E-state index in [0.29, 0.717) is 121 Å². The van der Waals surface area contributed by atoms with E-state index in [1.54, 1.807) is 74.9 Å². The Morgan fingerprint density at radius 2 is 1.12 bits per heavy atom. The molecule has 3 N–H and O–H groups in total. The van der Waals surface area contributed by atoms with Gasteiger partial charge in [-0.1, -0.05) is 41.5 Å². The molecular formula is C62H75ClN14O8. The first-order valence-corrected chi connectivity index (χ1v) is 29.6. The number of rotatable bonds is 16. The van der Waals surface area contributed by atoms with E-state index in [9.17, 15) is 9.59 Å². The van der Waals surface area contributed by atoms with E-state index in [1.165, 1.54) is 24.2 Å². The monoisotopic (exact) mass is 1180 g/mol. The highest BCUT2D eigenvalue weighted by Crippen LogP contribution is 2.55. The molecule has 0 amide bonds. The molecule has 0 atom stereocenters. The molecule has 2 aliphatic heterocycles. The number of nitrogens with zero attached hydrogens (tertiary/aromatic N) is 12. The quantitative estimate of drug-likeness (QED) is 0.0912. The second-order valence-electron chi connectivity index (χ2n) is 26.1. The van der Waals surface area contributed by atoms with E-state index in [2.05, 4.69) is 92.3 Å². The molecule has 0 unspecified atom stereocenters. The zero-order valence-electron chi connectivity index (χ0n) is 50.1. The van der Waals surface area contributed by atoms with Crippen LogP contribution >= 0.6 is 11.6 Å². The van der Waals surface area contributed by atoms with Gasteiger partial charge in [0, 0.05) is 108 Å². The second kappa shape index (κ2) is 22.3. The largest absolute Gasteiger partial charge is 0.491 e. The summed E-state index contributed by atoms with van der Waals surface area (Å²) in [5, 5.41) is 13.2. The number of aryl methyl sites for hydroxylation is 2. The zero-order chi connectivity index (χ0) is 59.7. The van der Waals surface area contributed by atoms with Gasteiger partial charge >= 0.3 is 0 Å². The van der Waals surface area contributed by atoms with Crippen LogP contribution in [0.25, 0.3) is 22.3 Å². The Kier molecular flexibility index (Phi) is 15.1. The summed E-state index contributed by atoms with van der Waals surface area (Å²) < 4.78 is 42.2. The van der Waals surface area contributed by atoms with Crippen LogP contribution < -0.4 is 30.0 Å². The van der Waals surface area contributed by atoms with Crippen LogP contribution in [0.3, 0.4) is 0 Å². The maximum atomic E-state index is 12.3. The first-order chi connectivity index (χ1) is 40.6. The molecule has 23 heteroatoms. The van der Waals surface area contributed by atoms with Crippen molar-refractivity contribution in [3.8, 4) is 34.5 Å². The number of aromatic nitrogens is 12. The first kappa shape index (κ1) is 57.7. The van der Waals surface area contributed by atoms with Crippen molar-refractivity contribution in [3.05, 3.63) is 89.2 Å². The summed E-state index contributed by atoms with van der Waals surface area (Å²) in [6.45, 7) is 16.9. The Labute approximate surface area is 498 Å². The Morgan fingerprint density at radius 1 is 0.659 bits per heavy atom. The van der Waals surface area contributed by atoms with E-state index in [1.807, 2.05) is 17.7 Å². The lowest BCUT2D eigenvalue weighted by atomic mass is 9.64. The molecule has 4 aliphatic carbocycles. The molecule has 8 aromatic heterocycles. The van der Waals surface area contributed by atoms with Gasteiger partial charge in [0.25, 0.3) is 0 Å². The van der Waals surface area contributed by atoms with Crippen LogP contribution in [0.4, 0.5) is 17.6 Å². The second-order valence-corrected chi connectivity index (χ2v) is 26.4. The molecule has 0 radical (unpaired) electrons. The number of anilines is 3. The standard InChI is InChI=1S/C31H37N7O4.C18H17ClN4O3.C13H21N3O/c1-30(2,3)24-12-25(36-38(24)20-13-31(14-20)16-41-17-31)34-29-35-28-26(37(29)4)27(40-5)23(15-33-28)42-21-8-9-32-19(10-21)11-22(39)18-6-7-18;1-23-15-16(25-2)14(9-21-17(15)22-18(23)19)26-12-5-6-20-11(7-12)8-13(24)10-3-4-10;1-12(2,3)10-4-11(14)15-16(10)9-5-13(6-9)7-17-8-13/h8-10,12,15,18,20H,6-7,11,13-14,16-17H2,1-5H3,(H,33,34,35,36);5-7,9-10H,3-4,8H2,1-2H3;4,9H,5-8H2,1-3H3,(H2,14,15). The van der Waals surface area contributed by atoms with Crippen molar-refractivity contribution in [1.82, 2.24) is 58.6 Å². The number of carbonyl (C=O) groups is 2. The normalized spacial score (nSPS) is 18.5. The number of nitrogen functional groups attached to an aromatic ring is 1. The Hall–Kier alpha value is -7.69. The molecule has 10 heterocycles. The van der Waals surface area contributed by atoms with Gasteiger partial charge in [0.05, 0.1) is 76.5 Å². The lowest BCUT2D eigenvalue weighted by Gasteiger charge is -2.53. The number of pyridine rings is 4. The molecule has 2 saturated heterocycles. The van der Waals surface area contributed by atoms with Crippen molar-refractivity contribution >= 4 is 63.1 Å². The van der Waals surface area contributed by atoms with Crippen molar-refractivity contribution in [1.29, 1.82) is 0 Å². The lowest BCUT2D eigenvalue weighted by Crippen LogP contribution is -2.53. The maximum absolute atomic E-state index is 12.3. The molecule has 22 nitrogen and oxygen atoms in total. The fourth-order valence-electron chi connectivity index (χ4n) is 12.0. The number of ether oxygens (including phenoxy) is 6. The van der Waals surface area contributed by atoms with Crippen LogP contribution in [0.2, 0.25) is 5.28 Å². The van der Waals surface area contributed by atoms with Crippen LogP contribution in [0.1, 0.15) is 128 Å². The fourth-order valence-corrected chi connectivity index (χ4v) is 12.1. The number of halogens is 1. The third kappa shape index (κ3) is 11.9. The Bertz CT molecular complexity index is 3820. The van der Waals surface area contributed by atoms with Crippen LogP contribution in [0.5, 0.6) is 34.5 Å². The van der Waals surface area contributed by atoms with Gasteiger partial charge in [-0.15, -0.1) is 0 Å². The minimum atomic E-state index is -0.0623. The summed E-state index contributed by atoms with van der Waals surface area (Å²) >= 11 is 6.07. The zero-order valence-corrected chi connectivity index (χ0v) is 50.8. The van der Waals surface area contributed by atoms with E-state index < -0.39 is 0 Å². The first-order valence-electron chi connectivity index (χ1n) is 29.2. The molecular weight excluding hydrogens is 1100 g/mol. The highest BCUT2D eigenvalue weighted by atomic mass is 35.5. The molecule has 4 saturated carbocycles. The number of fused-ring (bicyclic) bond motifs is 2. The van der Waals surface area contributed by atoms with Gasteiger partial charge in [-0.05, 0) is 75.1 Å². The summed E-state index contributed by atoms with van der Waals surface area (Å²) in [4.78, 5) is 50.7. The van der Waals surface area contributed by atoms with Crippen molar-refractivity contribution in [3.63, 3.8) is 0 Å². The number of methoxy groups -OCH3 is 2. The van der Waals surface area contributed by atoms with Crippen molar-refractivity contribution in [2.75, 3.05) is 51.7 Å². The summed E-state index contributed by atoms with van der Waals surface area (Å²) in [5.74, 6) is 5.86. The van der Waals surface area contributed by atoms with Gasteiger partial charge in [-0.3, -0.25) is 28.9 Å². The Balaban J connectivity index is 0.000000139. The maximum Gasteiger partial charge on any atom is 0.211 e. The third-order valence-electron chi connectivity index (χ3n) is 17.1. The topological polar surface area (TPSA) is 250 Å². The SMILES string of the molecule is CC(C)(C)c1cc(N)nn1C1CC2(COC2)C1.COc1c(Oc2ccnc(CC(=O)C3CC3)c2)cnc2nc(Cl)n(C)c12.COc1c(Oc2ccnc(CC(=O)C3CC3)c2)cnc2nc(Nc3cc(C(C)(C)C)n(C4CC5(COC5)C4)n3)n(C)c12. The number of imidazole rings is 2.